The fourth-order valence-corrected chi connectivity index (χ4v) is 3.76. The van der Waals surface area contributed by atoms with Crippen molar-refractivity contribution in [1.29, 1.82) is 0 Å². The summed E-state index contributed by atoms with van der Waals surface area (Å²) in [6.07, 6.45) is 0. The molecule has 33 heavy (non-hydrogen) atoms. The number of nitrogens with one attached hydrogen (secondary N) is 2. The second-order valence-electron chi connectivity index (χ2n) is 6.99. The van der Waals surface area contributed by atoms with Crippen molar-refractivity contribution in [2.24, 2.45) is 0 Å². The van der Waals surface area contributed by atoms with E-state index in [4.69, 9.17) is 21.7 Å². The highest BCUT2D eigenvalue weighted by Gasteiger charge is 2.36. The number of benzene rings is 3. The van der Waals surface area contributed by atoms with Gasteiger partial charge in [-0.3, -0.25) is 19.7 Å². The van der Waals surface area contributed by atoms with Gasteiger partial charge >= 0.3 is 0 Å². The lowest BCUT2D eigenvalue weighted by Crippen LogP contribution is -2.34. The molecule has 8 nitrogen and oxygen atoms in total. The summed E-state index contributed by atoms with van der Waals surface area (Å²) in [5, 5.41) is 5.51. The lowest BCUT2D eigenvalue weighted by molar-refractivity contribution is 0.0923. The van der Waals surface area contributed by atoms with E-state index in [1.54, 1.807) is 66.7 Å². The molecule has 3 amide bonds. The van der Waals surface area contributed by atoms with Crippen molar-refractivity contribution in [2.45, 2.75) is 0 Å². The normalized spacial score (nSPS) is 12.2. The molecule has 3 aromatic carbocycles. The molecule has 0 aromatic heterocycles. The monoisotopic (exact) mass is 461 g/mol. The molecular formula is C24H19N3O5S. The number of rotatable bonds is 5. The minimum atomic E-state index is -0.515. The Hall–Kier alpha value is -4.24. The number of amides is 3. The van der Waals surface area contributed by atoms with Gasteiger partial charge in [0.2, 0.25) is 0 Å². The molecule has 0 aliphatic carbocycles. The molecule has 0 saturated carbocycles. The van der Waals surface area contributed by atoms with Crippen LogP contribution in [0.25, 0.3) is 0 Å². The van der Waals surface area contributed by atoms with Crippen LogP contribution in [0.2, 0.25) is 0 Å². The number of hydrogen-bond donors (Lipinski definition) is 2. The van der Waals surface area contributed by atoms with Crippen LogP contribution in [-0.4, -0.2) is 37.1 Å². The summed E-state index contributed by atoms with van der Waals surface area (Å²) in [5.41, 5.74) is 1.78. The molecule has 0 radical (unpaired) electrons. The number of anilines is 2. The molecule has 3 aromatic rings. The Morgan fingerprint density at radius 3 is 2.00 bits per heavy atom. The fourth-order valence-electron chi connectivity index (χ4n) is 3.55. The number of fused-ring (bicyclic) bond motifs is 1. The third-order valence-electron chi connectivity index (χ3n) is 5.04. The molecule has 1 aliphatic rings. The first kappa shape index (κ1) is 22.0. The van der Waals surface area contributed by atoms with Crippen LogP contribution in [0.15, 0.2) is 66.7 Å². The van der Waals surface area contributed by atoms with Crippen LogP contribution < -0.4 is 25.0 Å². The molecule has 4 rings (SSSR count). The number of thiocarbonyl (C=S) groups is 1. The van der Waals surface area contributed by atoms with Crippen LogP contribution >= 0.6 is 12.2 Å². The highest BCUT2D eigenvalue weighted by molar-refractivity contribution is 7.80. The molecular weight excluding hydrogens is 442 g/mol. The van der Waals surface area contributed by atoms with Crippen molar-refractivity contribution in [3.8, 4) is 11.5 Å². The van der Waals surface area contributed by atoms with E-state index in [0.717, 1.165) is 4.90 Å². The molecule has 166 valence electrons. The van der Waals surface area contributed by atoms with Crippen LogP contribution in [0, 0.1) is 0 Å². The summed E-state index contributed by atoms with van der Waals surface area (Å²) in [4.78, 5) is 39.4. The molecule has 9 heteroatoms. The van der Waals surface area contributed by atoms with Crippen molar-refractivity contribution in [2.75, 3.05) is 24.4 Å². The van der Waals surface area contributed by atoms with Gasteiger partial charge in [0.15, 0.2) is 5.11 Å². The first-order valence-electron chi connectivity index (χ1n) is 9.85. The first-order valence-corrected chi connectivity index (χ1v) is 10.3. The number of methoxy groups -OCH3 is 2. The van der Waals surface area contributed by atoms with Gasteiger partial charge in [0.1, 0.15) is 17.1 Å². The molecule has 0 bridgehead atoms. The summed E-state index contributed by atoms with van der Waals surface area (Å²) in [6, 6.07) is 18.3. The van der Waals surface area contributed by atoms with E-state index >= 15 is 0 Å². The highest BCUT2D eigenvalue weighted by atomic mass is 32.1. The molecule has 0 unspecified atom stereocenters. The average molecular weight is 461 g/mol. The molecule has 1 heterocycles. The Bertz CT molecular complexity index is 1230. The van der Waals surface area contributed by atoms with Crippen molar-refractivity contribution < 1.29 is 23.9 Å². The van der Waals surface area contributed by atoms with Crippen molar-refractivity contribution in [1.82, 2.24) is 5.32 Å². The zero-order chi connectivity index (χ0) is 23.5. The highest BCUT2D eigenvalue weighted by Crippen LogP contribution is 2.30. The number of carbonyl (C=O) groups excluding carboxylic acids is 3. The van der Waals surface area contributed by atoms with E-state index in [9.17, 15) is 14.4 Å². The third-order valence-corrected chi connectivity index (χ3v) is 5.24. The smallest absolute Gasteiger partial charge is 0.266 e. The van der Waals surface area contributed by atoms with Crippen LogP contribution in [0.1, 0.15) is 31.1 Å². The minimum Gasteiger partial charge on any atom is -0.496 e. The quantitative estimate of drug-likeness (QED) is 0.442. The Kier molecular flexibility index (Phi) is 6.05. The Balaban J connectivity index is 1.51. The van der Waals surface area contributed by atoms with Gasteiger partial charge in [0.25, 0.3) is 17.7 Å². The maximum atomic E-state index is 12.8. The maximum absolute atomic E-state index is 12.8. The zero-order valence-corrected chi connectivity index (χ0v) is 18.6. The van der Waals surface area contributed by atoms with Crippen LogP contribution in [0.4, 0.5) is 11.4 Å². The lowest BCUT2D eigenvalue weighted by atomic mass is 10.1. The van der Waals surface area contributed by atoms with Crippen molar-refractivity contribution >= 4 is 46.4 Å². The van der Waals surface area contributed by atoms with Gasteiger partial charge in [-0.1, -0.05) is 24.3 Å². The molecule has 2 N–H and O–H groups in total. The standard InChI is InChI=1S/C24H19N3O5S/c1-31-18-11-6-12-19(32-2)20(18)21(28)26-24(33)25-14-7-5-8-15(13-14)27-22(29)16-9-3-4-10-17(16)23(27)30/h3-13H,1-2H3,(H2,25,26,28,33). The molecule has 0 fully saturated rings. The number of imide groups is 1. The summed E-state index contributed by atoms with van der Waals surface area (Å²) in [5.74, 6) is -0.637. The van der Waals surface area contributed by atoms with Gasteiger partial charge in [0, 0.05) is 5.69 Å². The van der Waals surface area contributed by atoms with E-state index in [1.807, 2.05) is 0 Å². The number of ether oxygens (including phenoxy) is 2. The van der Waals surface area contributed by atoms with Gasteiger partial charge in [0.05, 0.1) is 31.0 Å². The van der Waals surface area contributed by atoms with E-state index in [1.165, 1.54) is 14.2 Å². The summed E-state index contributed by atoms with van der Waals surface area (Å²) in [7, 11) is 2.90. The zero-order valence-electron chi connectivity index (χ0n) is 17.7. The average Bonchev–Trinajstić information content (AvgIpc) is 3.08. The lowest BCUT2D eigenvalue weighted by Gasteiger charge is -2.17. The maximum Gasteiger partial charge on any atom is 0.266 e. The number of nitrogens with zero attached hydrogens (tertiary/aromatic N) is 1. The topological polar surface area (TPSA) is 97.0 Å². The fraction of sp³-hybridized carbons (Fsp3) is 0.0833. The third kappa shape index (κ3) is 4.13. The minimum absolute atomic E-state index is 0.0208. The predicted molar refractivity (Wildman–Crippen MR) is 127 cm³/mol. The molecule has 1 aliphatic heterocycles. The molecule has 0 atom stereocenters. The van der Waals surface area contributed by atoms with Gasteiger partial charge < -0.3 is 14.8 Å². The van der Waals surface area contributed by atoms with E-state index in [-0.39, 0.29) is 10.7 Å². The van der Waals surface area contributed by atoms with Crippen LogP contribution in [0.3, 0.4) is 0 Å². The van der Waals surface area contributed by atoms with Crippen molar-refractivity contribution in [3.05, 3.63) is 83.4 Å². The summed E-state index contributed by atoms with van der Waals surface area (Å²) >= 11 is 5.28. The predicted octanol–water partition coefficient (Wildman–Crippen LogP) is 3.63. The van der Waals surface area contributed by atoms with Crippen molar-refractivity contribution in [3.63, 3.8) is 0 Å². The Labute approximate surface area is 195 Å². The van der Waals surface area contributed by atoms with Crippen LogP contribution in [-0.2, 0) is 0 Å². The first-order chi connectivity index (χ1) is 15.9. The van der Waals surface area contributed by atoms with Gasteiger partial charge in [-0.15, -0.1) is 0 Å². The Morgan fingerprint density at radius 1 is 0.848 bits per heavy atom. The molecule has 0 spiro atoms. The second kappa shape index (κ2) is 9.09. The van der Waals surface area contributed by atoms with Crippen LogP contribution in [0.5, 0.6) is 11.5 Å². The SMILES string of the molecule is COc1cccc(OC)c1C(=O)NC(=S)Nc1cccc(N2C(=O)c3ccccc3C2=O)c1. The number of hydrogen-bond acceptors (Lipinski definition) is 6. The Morgan fingerprint density at radius 2 is 1.42 bits per heavy atom. The van der Waals surface area contributed by atoms with E-state index in [2.05, 4.69) is 10.6 Å². The summed E-state index contributed by atoms with van der Waals surface area (Å²) in [6.45, 7) is 0. The van der Waals surface area contributed by atoms with Gasteiger partial charge in [-0.25, -0.2) is 4.90 Å². The second-order valence-corrected chi connectivity index (χ2v) is 7.40. The molecule has 0 saturated heterocycles. The van der Waals surface area contributed by atoms with E-state index < -0.39 is 17.7 Å². The number of carbonyl (C=O) groups is 3. The largest absolute Gasteiger partial charge is 0.496 e. The summed E-state index contributed by atoms with van der Waals surface area (Å²) < 4.78 is 10.5. The van der Waals surface area contributed by atoms with E-state index in [0.29, 0.717) is 34.0 Å². The van der Waals surface area contributed by atoms with Gasteiger partial charge in [-0.05, 0) is 54.7 Å². The van der Waals surface area contributed by atoms with Gasteiger partial charge in [-0.2, -0.15) is 0 Å².